The van der Waals surface area contributed by atoms with E-state index in [1.165, 1.54) is 21.1 Å². The minimum absolute atomic E-state index is 0.0121. The Hall–Kier alpha value is -1.19. The van der Waals surface area contributed by atoms with Crippen LogP contribution < -0.4 is 4.87 Å². The van der Waals surface area contributed by atoms with E-state index in [-0.39, 0.29) is 23.1 Å². The van der Waals surface area contributed by atoms with Gasteiger partial charge in [0.1, 0.15) is 0 Å². The molecule has 0 bridgehead atoms. The Morgan fingerprint density at radius 3 is 2.58 bits per heavy atom. The number of nitrogens with one attached hydrogen (secondary N) is 1. The van der Waals surface area contributed by atoms with Crippen molar-refractivity contribution in [3.63, 3.8) is 0 Å². The number of thiazole rings is 1. The molecule has 0 saturated heterocycles. The number of nitrogens with zero attached hydrogens (tertiary/aromatic N) is 1. The first-order chi connectivity index (χ1) is 8.78. The quantitative estimate of drug-likeness (QED) is 0.763. The molecule has 0 aliphatic rings. The van der Waals surface area contributed by atoms with Crippen molar-refractivity contribution in [3.8, 4) is 0 Å². The van der Waals surface area contributed by atoms with E-state index in [0.29, 0.717) is 23.5 Å². The third kappa shape index (κ3) is 3.88. The van der Waals surface area contributed by atoms with Crippen molar-refractivity contribution in [1.29, 1.82) is 0 Å². The lowest BCUT2D eigenvalue weighted by molar-refractivity contribution is -0.140. The molecule has 0 atom stereocenters. The smallest absolute Gasteiger partial charge is 0.305 e. The number of hydrogen-bond acceptors (Lipinski definition) is 6. The van der Waals surface area contributed by atoms with Crippen LogP contribution in [0.25, 0.3) is 0 Å². The topological polar surface area (TPSA) is 96.5 Å². The van der Waals surface area contributed by atoms with Crippen molar-refractivity contribution in [1.82, 2.24) is 9.29 Å². The molecule has 0 fully saturated rings. The number of aromatic nitrogens is 1. The second-order valence-electron chi connectivity index (χ2n) is 3.93. The minimum Gasteiger partial charge on any atom is -0.469 e. The van der Waals surface area contributed by atoms with Crippen LogP contribution in [0, 0.1) is 6.92 Å². The molecular formula is C10H16N2O5S2. The minimum atomic E-state index is -3.69. The molecule has 7 nitrogen and oxygen atoms in total. The number of ether oxygens (including phenoxy) is 1. The lowest BCUT2D eigenvalue weighted by atomic mass is 10.3. The van der Waals surface area contributed by atoms with Crippen LogP contribution in [0.4, 0.5) is 0 Å². The summed E-state index contributed by atoms with van der Waals surface area (Å²) in [7, 11) is -0.991. The molecule has 1 aromatic rings. The molecule has 0 aromatic carbocycles. The van der Waals surface area contributed by atoms with Gasteiger partial charge in [0.2, 0.25) is 0 Å². The molecule has 19 heavy (non-hydrogen) atoms. The first-order valence-electron chi connectivity index (χ1n) is 5.52. The summed E-state index contributed by atoms with van der Waals surface area (Å²) in [4.78, 5) is 24.1. The van der Waals surface area contributed by atoms with Gasteiger partial charge >= 0.3 is 10.8 Å². The zero-order chi connectivity index (χ0) is 14.6. The summed E-state index contributed by atoms with van der Waals surface area (Å²) in [5, 5.41) is 0. The highest BCUT2D eigenvalue weighted by molar-refractivity contribution is 7.91. The van der Waals surface area contributed by atoms with Gasteiger partial charge in [0.25, 0.3) is 10.0 Å². The molecule has 0 aliphatic carbocycles. The first kappa shape index (κ1) is 15.9. The van der Waals surface area contributed by atoms with Crippen molar-refractivity contribution in [2.24, 2.45) is 0 Å². The van der Waals surface area contributed by atoms with Gasteiger partial charge in [-0.2, -0.15) is 0 Å². The van der Waals surface area contributed by atoms with Crippen molar-refractivity contribution in [2.45, 2.75) is 24.0 Å². The van der Waals surface area contributed by atoms with Crippen molar-refractivity contribution in [2.75, 3.05) is 20.7 Å². The van der Waals surface area contributed by atoms with Crippen molar-refractivity contribution >= 4 is 27.3 Å². The molecule has 0 spiro atoms. The van der Waals surface area contributed by atoms with Crippen molar-refractivity contribution in [3.05, 3.63) is 15.4 Å². The van der Waals surface area contributed by atoms with Crippen LogP contribution in [0.2, 0.25) is 0 Å². The van der Waals surface area contributed by atoms with E-state index in [0.717, 1.165) is 4.31 Å². The van der Waals surface area contributed by atoms with Crippen LogP contribution in [0.3, 0.4) is 0 Å². The van der Waals surface area contributed by atoms with Gasteiger partial charge in [-0.1, -0.05) is 11.3 Å². The predicted molar refractivity (Wildman–Crippen MR) is 70.7 cm³/mol. The number of hydrogen-bond donors (Lipinski definition) is 1. The molecule has 108 valence electrons. The van der Waals surface area contributed by atoms with Crippen LogP contribution in [-0.2, 0) is 19.6 Å². The predicted octanol–water partition coefficient (Wildman–Crippen LogP) is 0.319. The average molecular weight is 308 g/mol. The Labute approximate surface area is 115 Å². The zero-order valence-corrected chi connectivity index (χ0v) is 12.6. The van der Waals surface area contributed by atoms with E-state index in [9.17, 15) is 18.0 Å². The molecule has 1 rings (SSSR count). The van der Waals surface area contributed by atoms with Gasteiger partial charge in [0.05, 0.1) is 7.11 Å². The van der Waals surface area contributed by atoms with Crippen LogP contribution >= 0.6 is 11.3 Å². The summed E-state index contributed by atoms with van der Waals surface area (Å²) < 4.78 is 30.0. The van der Waals surface area contributed by atoms with E-state index in [1.54, 1.807) is 0 Å². The van der Waals surface area contributed by atoms with Crippen LogP contribution in [0.5, 0.6) is 0 Å². The van der Waals surface area contributed by atoms with Gasteiger partial charge in [0.15, 0.2) is 4.21 Å². The van der Waals surface area contributed by atoms with Gasteiger partial charge in [-0.25, -0.2) is 12.7 Å². The summed E-state index contributed by atoms with van der Waals surface area (Å²) in [6.45, 7) is 1.72. The Balaban J connectivity index is 2.75. The maximum Gasteiger partial charge on any atom is 0.305 e. The summed E-state index contributed by atoms with van der Waals surface area (Å²) in [6, 6.07) is 0. The molecule has 1 N–H and O–H groups in total. The fourth-order valence-corrected chi connectivity index (χ4v) is 4.14. The number of carbonyl (C=O) groups is 1. The van der Waals surface area contributed by atoms with Gasteiger partial charge in [0, 0.05) is 25.7 Å². The molecule has 9 heteroatoms. The van der Waals surface area contributed by atoms with E-state index < -0.39 is 14.9 Å². The Morgan fingerprint density at radius 1 is 1.47 bits per heavy atom. The third-order valence-corrected chi connectivity index (χ3v) is 5.95. The van der Waals surface area contributed by atoms with E-state index in [4.69, 9.17) is 0 Å². The fourth-order valence-electron chi connectivity index (χ4n) is 1.45. The molecule has 0 unspecified atom stereocenters. The molecule has 0 amide bonds. The third-order valence-electron chi connectivity index (χ3n) is 2.51. The lowest BCUT2D eigenvalue weighted by Crippen LogP contribution is -2.28. The number of methoxy groups -OCH3 is 1. The van der Waals surface area contributed by atoms with Gasteiger partial charge in [-0.15, -0.1) is 0 Å². The number of esters is 1. The fraction of sp³-hybridized carbons (Fsp3) is 0.600. The van der Waals surface area contributed by atoms with E-state index >= 15 is 0 Å². The average Bonchev–Trinajstić information content (AvgIpc) is 2.68. The summed E-state index contributed by atoms with van der Waals surface area (Å²) in [5.41, 5.74) is 0.329. The van der Waals surface area contributed by atoms with E-state index in [2.05, 4.69) is 9.72 Å². The van der Waals surface area contributed by atoms with Crippen LogP contribution in [-0.4, -0.2) is 44.4 Å². The normalized spacial score (nSPS) is 11.8. The van der Waals surface area contributed by atoms with Crippen LogP contribution in [0.15, 0.2) is 9.00 Å². The molecule has 0 radical (unpaired) electrons. The second-order valence-corrected chi connectivity index (χ2v) is 7.16. The Kier molecular flexibility index (Phi) is 5.27. The highest BCUT2D eigenvalue weighted by atomic mass is 32.2. The number of H-pyrrole nitrogens is 1. The SMILES string of the molecule is COC(=O)CCCN(C)S(=O)(=O)c1sc(=O)[nH]c1C. The summed E-state index contributed by atoms with van der Waals surface area (Å²) in [5.74, 6) is -0.381. The number of aromatic amines is 1. The maximum absolute atomic E-state index is 12.2. The number of aryl methyl sites for hydroxylation is 1. The van der Waals surface area contributed by atoms with E-state index in [1.807, 2.05) is 0 Å². The molecule has 0 aliphatic heterocycles. The monoisotopic (exact) mass is 308 g/mol. The Morgan fingerprint density at radius 2 is 2.11 bits per heavy atom. The van der Waals surface area contributed by atoms with Crippen LogP contribution in [0.1, 0.15) is 18.5 Å². The first-order valence-corrected chi connectivity index (χ1v) is 7.77. The highest BCUT2D eigenvalue weighted by Gasteiger charge is 2.25. The maximum atomic E-state index is 12.2. The zero-order valence-electron chi connectivity index (χ0n) is 10.9. The number of sulfonamides is 1. The second kappa shape index (κ2) is 6.31. The molecule has 0 saturated carbocycles. The molecular weight excluding hydrogens is 292 g/mol. The standard InChI is InChI=1S/C10H16N2O5S2/c1-7-9(18-10(14)11-7)19(15,16)12(2)6-4-5-8(13)17-3/h4-6H2,1-3H3,(H,11,14). The molecule has 1 aromatic heterocycles. The van der Waals surface area contributed by atoms with Gasteiger partial charge in [-0.05, 0) is 13.3 Å². The lowest BCUT2D eigenvalue weighted by Gasteiger charge is -2.15. The van der Waals surface area contributed by atoms with Crippen molar-refractivity contribution < 1.29 is 17.9 Å². The molecule has 1 heterocycles. The largest absolute Gasteiger partial charge is 0.469 e. The van der Waals surface area contributed by atoms with Gasteiger partial charge in [-0.3, -0.25) is 9.59 Å². The highest BCUT2D eigenvalue weighted by Crippen LogP contribution is 2.20. The Bertz CT molecular complexity index is 602. The summed E-state index contributed by atoms with van der Waals surface area (Å²) >= 11 is 0.662. The van der Waals surface area contributed by atoms with Gasteiger partial charge < -0.3 is 9.72 Å². The summed E-state index contributed by atoms with van der Waals surface area (Å²) in [6.07, 6.45) is 0.513. The number of rotatable bonds is 6. The number of carbonyl (C=O) groups excluding carboxylic acids is 1.